The van der Waals surface area contributed by atoms with Crippen molar-refractivity contribution >= 4 is 16.7 Å². The predicted molar refractivity (Wildman–Crippen MR) is 120 cm³/mol. The number of pyridine rings is 1. The predicted octanol–water partition coefficient (Wildman–Crippen LogP) is 2.68. The molecular formula is C24H24N6O2. The second-order valence-corrected chi connectivity index (χ2v) is 7.99. The quantitative estimate of drug-likeness (QED) is 0.437. The molecule has 0 amide bonds. The highest BCUT2D eigenvalue weighted by molar-refractivity contribution is 5.97. The molecule has 0 radical (unpaired) electrons. The summed E-state index contributed by atoms with van der Waals surface area (Å²) in [4.78, 5) is 28.7. The smallest absolute Gasteiger partial charge is 0.170 e. The molecule has 0 saturated carbocycles. The second-order valence-electron chi connectivity index (χ2n) is 7.99. The van der Waals surface area contributed by atoms with E-state index in [-0.39, 0.29) is 12.2 Å². The Bertz CT molecular complexity index is 1260. The molecule has 32 heavy (non-hydrogen) atoms. The van der Waals surface area contributed by atoms with Gasteiger partial charge in [0.1, 0.15) is 5.82 Å². The van der Waals surface area contributed by atoms with Gasteiger partial charge in [-0.05, 0) is 23.8 Å². The highest BCUT2D eigenvalue weighted by atomic mass is 16.5. The lowest BCUT2D eigenvalue weighted by Gasteiger charge is -2.26. The summed E-state index contributed by atoms with van der Waals surface area (Å²) in [6.45, 7) is 3.95. The molecule has 8 heteroatoms. The zero-order valence-corrected chi connectivity index (χ0v) is 17.9. The summed E-state index contributed by atoms with van der Waals surface area (Å²) in [5.41, 5.74) is 4.39. The van der Waals surface area contributed by atoms with E-state index in [0.29, 0.717) is 17.9 Å². The van der Waals surface area contributed by atoms with Crippen molar-refractivity contribution in [1.29, 1.82) is 0 Å². The van der Waals surface area contributed by atoms with Crippen molar-refractivity contribution in [2.75, 3.05) is 26.3 Å². The van der Waals surface area contributed by atoms with Crippen molar-refractivity contribution < 1.29 is 9.53 Å². The van der Waals surface area contributed by atoms with E-state index in [9.17, 15) is 4.79 Å². The zero-order valence-electron chi connectivity index (χ0n) is 17.9. The zero-order chi connectivity index (χ0) is 21.9. The van der Waals surface area contributed by atoms with Gasteiger partial charge in [-0.2, -0.15) is 5.10 Å². The molecule has 1 fully saturated rings. The Morgan fingerprint density at radius 3 is 2.75 bits per heavy atom. The van der Waals surface area contributed by atoms with Crippen molar-refractivity contribution in [1.82, 2.24) is 29.6 Å². The summed E-state index contributed by atoms with van der Waals surface area (Å²) >= 11 is 0. The van der Waals surface area contributed by atoms with Gasteiger partial charge in [0.25, 0.3) is 0 Å². The fourth-order valence-electron chi connectivity index (χ4n) is 3.87. The van der Waals surface area contributed by atoms with E-state index in [1.165, 1.54) is 0 Å². The minimum absolute atomic E-state index is 0.0154. The minimum atomic E-state index is -0.0154. The molecule has 0 atom stereocenters. The van der Waals surface area contributed by atoms with E-state index in [1.807, 2.05) is 43.7 Å². The summed E-state index contributed by atoms with van der Waals surface area (Å²) in [5, 5.41) is 5.17. The standard InChI is InChI=1S/C24H24N6O2/c1-29-15-20(14-27-29)17-2-3-19-13-26-24(28-22(19)11-17)12-23(31)18-4-5-25-21(10-18)16-30-6-8-32-9-7-30/h2-5,10-11,13-15H,6-9,12,16H2,1H3. The number of rotatable bonds is 6. The second kappa shape index (κ2) is 8.94. The normalized spacial score (nSPS) is 14.7. The maximum atomic E-state index is 12.9. The summed E-state index contributed by atoms with van der Waals surface area (Å²) in [7, 11) is 1.89. The molecule has 0 bridgehead atoms. The van der Waals surface area contributed by atoms with Crippen LogP contribution < -0.4 is 0 Å². The largest absolute Gasteiger partial charge is 0.379 e. The van der Waals surface area contributed by atoms with E-state index in [4.69, 9.17) is 4.74 Å². The number of nitrogens with zero attached hydrogens (tertiary/aromatic N) is 6. The molecule has 4 aromatic rings. The van der Waals surface area contributed by atoms with Gasteiger partial charge in [0.05, 0.1) is 37.0 Å². The first-order valence-electron chi connectivity index (χ1n) is 10.7. The summed E-state index contributed by atoms with van der Waals surface area (Å²) in [6, 6.07) is 9.66. The maximum absolute atomic E-state index is 12.9. The van der Waals surface area contributed by atoms with Gasteiger partial charge < -0.3 is 4.74 Å². The number of fused-ring (bicyclic) bond motifs is 1. The lowest BCUT2D eigenvalue weighted by molar-refractivity contribution is 0.0336. The van der Waals surface area contributed by atoms with Crippen molar-refractivity contribution in [3.05, 3.63) is 72.2 Å². The van der Waals surface area contributed by atoms with Gasteiger partial charge in [-0.1, -0.05) is 12.1 Å². The van der Waals surface area contributed by atoms with Crippen molar-refractivity contribution in [3.8, 4) is 11.1 Å². The molecular weight excluding hydrogens is 404 g/mol. The van der Waals surface area contributed by atoms with E-state index in [0.717, 1.165) is 54.0 Å². The number of morpholine rings is 1. The van der Waals surface area contributed by atoms with Crippen molar-refractivity contribution in [3.63, 3.8) is 0 Å². The molecule has 1 aromatic carbocycles. The molecule has 0 spiro atoms. The third kappa shape index (κ3) is 4.56. The number of benzene rings is 1. The van der Waals surface area contributed by atoms with Gasteiger partial charge in [0, 0.05) is 61.8 Å². The number of ketones is 1. The fraction of sp³-hybridized carbons (Fsp3) is 0.292. The van der Waals surface area contributed by atoms with Crippen LogP contribution in [-0.2, 0) is 24.8 Å². The van der Waals surface area contributed by atoms with E-state index in [1.54, 1.807) is 23.1 Å². The first kappa shape index (κ1) is 20.4. The highest BCUT2D eigenvalue weighted by Crippen LogP contribution is 2.23. The molecule has 5 rings (SSSR count). The summed E-state index contributed by atoms with van der Waals surface area (Å²) < 4.78 is 7.17. The SMILES string of the molecule is Cn1cc(-c2ccc3cnc(CC(=O)c4ccnc(CN5CCOCC5)c4)nc3c2)cn1. The molecule has 0 aliphatic carbocycles. The molecule has 1 saturated heterocycles. The third-order valence-electron chi connectivity index (χ3n) is 5.62. The van der Waals surface area contributed by atoms with Gasteiger partial charge in [-0.15, -0.1) is 0 Å². The number of Topliss-reactive ketones (excluding diaryl/α,β-unsaturated/α-hetero) is 1. The number of carbonyl (C=O) groups is 1. The Balaban J connectivity index is 1.33. The van der Waals surface area contributed by atoms with Crippen molar-refractivity contribution in [2.24, 2.45) is 7.05 Å². The molecule has 8 nitrogen and oxygen atoms in total. The molecule has 1 aliphatic rings. The number of hydrogen-bond donors (Lipinski definition) is 0. The first-order chi connectivity index (χ1) is 15.6. The average Bonchev–Trinajstić information content (AvgIpc) is 3.26. The van der Waals surface area contributed by atoms with Gasteiger partial charge in [-0.3, -0.25) is 19.4 Å². The average molecular weight is 428 g/mol. The maximum Gasteiger partial charge on any atom is 0.170 e. The molecule has 1 aliphatic heterocycles. The van der Waals surface area contributed by atoms with Crippen LogP contribution in [0.2, 0.25) is 0 Å². The molecule has 0 unspecified atom stereocenters. The monoisotopic (exact) mass is 428 g/mol. The first-order valence-corrected chi connectivity index (χ1v) is 10.7. The van der Waals surface area contributed by atoms with Crippen LogP contribution in [0.4, 0.5) is 0 Å². The molecule has 4 heterocycles. The Labute approximate surface area is 185 Å². The Morgan fingerprint density at radius 2 is 1.94 bits per heavy atom. The highest BCUT2D eigenvalue weighted by Gasteiger charge is 2.15. The Kier molecular flexibility index (Phi) is 5.70. The molecule has 3 aromatic heterocycles. The number of carbonyl (C=O) groups excluding carboxylic acids is 1. The number of hydrogen-bond acceptors (Lipinski definition) is 7. The number of aromatic nitrogens is 5. The molecule has 162 valence electrons. The summed E-state index contributed by atoms with van der Waals surface area (Å²) in [5.74, 6) is 0.496. The van der Waals surface area contributed by atoms with Crippen LogP contribution in [0, 0.1) is 0 Å². The van der Waals surface area contributed by atoms with Crippen molar-refractivity contribution in [2.45, 2.75) is 13.0 Å². The minimum Gasteiger partial charge on any atom is -0.379 e. The van der Waals surface area contributed by atoms with Gasteiger partial charge in [0.15, 0.2) is 5.78 Å². The van der Waals surface area contributed by atoms with Crippen LogP contribution >= 0.6 is 0 Å². The lowest BCUT2D eigenvalue weighted by Crippen LogP contribution is -2.35. The lowest BCUT2D eigenvalue weighted by atomic mass is 10.1. The molecule has 0 N–H and O–H groups in total. The van der Waals surface area contributed by atoms with Crippen LogP contribution in [0.1, 0.15) is 21.9 Å². The van der Waals surface area contributed by atoms with Gasteiger partial charge in [-0.25, -0.2) is 9.97 Å². The van der Waals surface area contributed by atoms with Gasteiger partial charge in [0.2, 0.25) is 0 Å². The Hall–Kier alpha value is -3.49. The van der Waals surface area contributed by atoms with Crippen LogP contribution in [0.25, 0.3) is 22.0 Å². The van der Waals surface area contributed by atoms with E-state index in [2.05, 4.69) is 25.0 Å². The third-order valence-corrected chi connectivity index (χ3v) is 5.62. The summed E-state index contributed by atoms with van der Waals surface area (Å²) in [6.07, 6.45) is 7.41. The number of ether oxygens (including phenoxy) is 1. The topological polar surface area (TPSA) is 86.0 Å². The van der Waals surface area contributed by atoms with E-state index >= 15 is 0 Å². The van der Waals surface area contributed by atoms with Gasteiger partial charge >= 0.3 is 0 Å². The van der Waals surface area contributed by atoms with E-state index < -0.39 is 0 Å². The Morgan fingerprint density at radius 1 is 1.06 bits per heavy atom. The fourth-order valence-corrected chi connectivity index (χ4v) is 3.87. The van der Waals surface area contributed by atoms with Crippen LogP contribution in [0.15, 0.2) is 55.1 Å². The van der Waals surface area contributed by atoms with Crippen LogP contribution in [0.3, 0.4) is 0 Å². The number of aryl methyl sites for hydroxylation is 1. The van der Waals surface area contributed by atoms with Crippen LogP contribution in [0.5, 0.6) is 0 Å². The van der Waals surface area contributed by atoms with Crippen LogP contribution in [-0.4, -0.2) is 61.7 Å².